The highest BCUT2D eigenvalue weighted by Crippen LogP contribution is 2.31. The van der Waals surface area contributed by atoms with Crippen molar-refractivity contribution in [2.45, 2.75) is 12.8 Å². The fraction of sp³-hybridized carbons (Fsp3) is 0.200. The minimum Gasteiger partial charge on any atom is -0.508 e. The summed E-state index contributed by atoms with van der Waals surface area (Å²) in [6.45, 7) is 0.120. The van der Waals surface area contributed by atoms with Crippen molar-refractivity contribution in [1.29, 1.82) is 0 Å². The fourth-order valence-electron chi connectivity index (χ4n) is 1.75. The summed E-state index contributed by atoms with van der Waals surface area (Å²) >= 11 is 0. The first-order valence-electron chi connectivity index (χ1n) is 6.06. The number of benzene rings is 2. The van der Waals surface area contributed by atoms with Gasteiger partial charge in [0.05, 0.1) is 12.7 Å². The zero-order chi connectivity index (χ0) is 15.5. The zero-order valence-electron chi connectivity index (χ0n) is 11.1. The van der Waals surface area contributed by atoms with Crippen LogP contribution in [0, 0.1) is 0 Å². The summed E-state index contributed by atoms with van der Waals surface area (Å²) in [5.41, 5.74) is -0.0488. The van der Waals surface area contributed by atoms with Crippen molar-refractivity contribution in [3.63, 3.8) is 0 Å². The smallest absolute Gasteiger partial charge is 0.416 e. The lowest BCUT2D eigenvalue weighted by molar-refractivity contribution is -0.137. The summed E-state index contributed by atoms with van der Waals surface area (Å²) in [5, 5.41) is 9.33. The van der Waals surface area contributed by atoms with Crippen molar-refractivity contribution >= 4 is 0 Å². The Hall–Kier alpha value is -2.37. The number of phenolic OH excluding ortho intramolecular Hbond substituents is 1. The highest BCUT2D eigenvalue weighted by molar-refractivity contribution is 5.40. The van der Waals surface area contributed by atoms with E-state index in [-0.39, 0.29) is 12.4 Å². The van der Waals surface area contributed by atoms with Gasteiger partial charge in [0.25, 0.3) is 0 Å². The molecule has 0 saturated carbocycles. The lowest BCUT2D eigenvalue weighted by Crippen LogP contribution is -2.04. The highest BCUT2D eigenvalue weighted by atomic mass is 19.4. The van der Waals surface area contributed by atoms with Crippen LogP contribution in [-0.2, 0) is 12.8 Å². The molecule has 0 radical (unpaired) electrons. The number of aromatic hydroxyl groups is 1. The molecule has 1 N–H and O–H groups in total. The van der Waals surface area contributed by atoms with Crippen LogP contribution in [0.15, 0.2) is 42.5 Å². The first kappa shape index (κ1) is 15.0. The monoisotopic (exact) mass is 298 g/mol. The molecule has 0 aliphatic carbocycles. The van der Waals surface area contributed by atoms with Gasteiger partial charge in [0.1, 0.15) is 23.9 Å². The molecule has 0 unspecified atom stereocenters. The molecule has 0 atom stereocenters. The molecule has 0 fully saturated rings. The minimum atomic E-state index is -4.36. The molecule has 0 spiro atoms. The third kappa shape index (κ3) is 3.81. The molecule has 21 heavy (non-hydrogen) atoms. The Morgan fingerprint density at radius 1 is 1.05 bits per heavy atom. The van der Waals surface area contributed by atoms with Crippen molar-refractivity contribution in [1.82, 2.24) is 0 Å². The van der Waals surface area contributed by atoms with Crippen LogP contribution >= 0.6 is 0 Å². The quantitative estimate of drug-likeness (QED) is 0.927. The van der Waals surface area contributed by atoms with Gasteiger partial charge in [-0.25, -0.2) is 0 Å². The number of halogens is 3. The molecule has 6 heteroatoms. The molecule has 2 aromatic carbocycles. The second-order valence-corrected chi connectivity index (χ2v) is 4.31. The lowest BCUT2D eigenvalue weighted by atomic mass is 10.2. The van der Waals surface area contributed by atoms with Crippen molar-refractivity contribution in [3.8, 4) is 17.2 Å². The second kappa shape index (κ2) is 5.95. The van der Waals surface area contributed by atoms with Gasteiger partial charge in [-0.3, -0.25) is 0 Å². The topological polar surface area (TPSA) is 38.7 Å². The molecule has 2 aromatic rings. The molecule has 2 rings (SSSR count). The fourth-order valence-corrected chi connectivity index (χ4v) is 1.75. The Balaban J connectivity index is 2.07. The number of rotatable bonds is 4. The molecule has 0 bridgehead atoms. The van der Waals surface area contributed by atoms with E-state index in [9.17, 15) is 18.3 Å². The van der Waals surface area contributed by atoms with E-state index in [1.807, 2.05) is 0 Å². The van der Waals surface area contributed by atoms with Crippen molar-refractivity contribution in [2.75, 3.05) is 7.11 Å². The van der Waals surface area contributed by atoms with Crippen LogP contribution in [0.4, 0.5) is 13.2 Å². The van der Waals surface area contributed by atoms with Gasteiger partial charge in [0, 0.05) is 11.6 Å². The summed E-state index contributed by atoms with van der Waals surface area (Å²) in [7, 11) is 1.45. The Labute approximate surface area is 119 Å². The molecule has 0 aromatic heterocycles. The van der Waals surface area contributed by atoms with Gasteiger partial charge in [-0.15, -0.1) is 0 Å². The van der Waals surface area contributed by atoms with Crippen LogP contribution < -0.4 is 9.47 Å². The highest BCUT2D eigenvalue weighted by Gasteiger charge is 2.30. The van der Waals surface area contributed by atoms with Gasteiger partial charge >= 0.3 is 6.18 Å². The summed E-state index contributed by atoms with van der Waals surface area (Å²) in [6.07, 6.45) is -4.36. The molecule has 0 aliphatic rings. The van der Waals surface area contributed by atoms with Gasteiger partial charge in [0.2, 0.25) is 0 Å². The number of hydrogen-bond donors (Lipinski definition) is 1. The van der Waals surface area contributed by atoms with Crippen LogP contribution in [0.1, 0.15) is 11.1 Å². The van der Waals surface area contributed by atoms with Crippen molar-refractivity contribution in [3.05, 3.63) is 53.6 Å². The molecular formula is C15H13F3O3. The number of methoxy groups -OCH3 is 1. The number of hydrogen-bond acceptors (Lipinski definition) is 3. The minimum absolute atomic E-state index is 0.0603. The predicted molar refractivity (Wildman–Crippen MR) is 70.4 cm³/mol. The Bertz CT molecular complexity index is 607. The molecule has 0 heterocycles. The van der Waals surface area contributed by atoms with E-state index in [0.29, 0.717) is 17.1 Å². The summed E-state index contributed by atoms with van der Waals surface area (Å²) in [4.78, 5) is 0. The van der Waals surface area contributed by atoms with E-state index in [2.05, 4.69) is 0 Å². The van der Waals surface area contributed by atoms with Gasteiger partial charge in [-0.2, -0.15) is 13.2 Å². The standard InChI is InChI=1S/C15H13F3O3/c1-20-14-8-12(19)5-2-10(14)9-21-13-6-3-11(4-7-13)15(16,17)18/h2-8,19H,9H2,1H3. The molecular weight excluding hydrogens is 285 g/mol. The Morgan fingerprint density at radius 3 is 2.29 bits per heavy atom. The normalized spacial score (nSPS) is 11.2. The van der Waals surface area contributed by atoms with E-state index in [0.717, 1.165) is 12.1 Å². The van der Waals surface area contributed by atoms with E-state index in [4.69, 9.17) is 9.47 Å². The van der Waals surface area contributed by atoms with Crippen LogP contribution in [0.5, 0.6) is 17.2 Å². The first-order valence-corrected chi connectivity index (χ1v) is 6.06. The van der Waals surface area contributed by atoms with Crippen molar-refractivity contribution < 1.29 is 27.8 Å². The van der Waals surface area contributed by atoms with Gasteiger partial charge in [-0.05, 0) is 36.4 Å². The van der Waals surface area contributed by atoms with E-state index >= 15 is 0 Å². The van der Waals surface area contributed by atoms with Crippen LogP contribution in [0.3, 0.4) is 0 Å². The largest absolute Gasteiger partial charge is 0.508 e. The molecule has 0 saturated heterocycles. The van der Waals surface area contributed by atoms with E-state index < -0.39 is 11.7 Å². The van der Waals surface area contributed by atoms with Crippen molar-refractivity contribution in [2.24, 2.45) is 0 Å². The maximum atomic E-state index is 12.4. The number of ether oxygens (including phenoxy) is 2. The van der Waals surface area contributed by atoms with Crippen LogP contribution in [0.25, 0.3) is 0 Å². The predicted octanol–water partition coefficient (Wildman–Crippen LogP) is 4.00. The van der Waals surface area contributed by atoms with Gasteiger partial charge in [-0.1, -0.05) is 0 Å². The SMILES string of the molecule is COc1cc(O)ccc1COc1ccc(C(F)(F)F)cc1. The van der Waals surface area contributed by atoms with Gasteiger partial charge in [0.15, 0.2) is 0 Å². The maximum absolute atomic E-state index is 12.4. The molecule has 112 valence electrons. The average molecular weight is 298 g/mol. The summed E-state index contributed by atoms with van der Waals surface area (Å²) in [6, 6.07) is 8.98. The molecule has 0 amide bonds. The summed E-state index contributed by atoms with van der Waals surface area (Å²) in [5.74, 6) is 0.824. The van der Waals surface area contributed by atoms with Gasteiger partial charge < -0.3 is 14.6 Å². The lowest BCUT2D eigenvalue weighted by Gasteiger charge is -2.11. The second-order valence-electron chi connectivity index (χ2n) is 4.31. The van der Waals surface area contributed by atoms with E-state index in [1.165, 1.54) is 31.4 Å². The van der Waals surface area contributed by atoms with Crippen LogP contribution in [-0.4, -0.2) is 12.2 Å². The third-order valence-corrected chi connectivity index (χ3v) is 2.85. The third-order valence-electron chi connectivity index (χ3n) is 2.85. The van der Waals surface area contributed by atoms with E-state index in [1.54, 1.807) is 6.07 Å². The van der Waals surface area contributed by atoms with Crippen LogP contribution in [0.2, 0.25) is 0 Å². The average Bonchev–Trinajstić information content (AvgIpc) is 2.45. The first-order chi connectivity index (χ1) is 9.90. The number of phenols is 1. The Morgan fingerprint density at radius 2 is 1.71 bits per heavy atom. The maximum Gasteiger partial charge on any atom is 0.416 e. The zero-order valence-corrected chi connectivity index (χ0v) is 11.1. The molecule has 0 aliphatic heterocycles. The molecule has 3 nitrogen and oxygen atoms in total. The number of alkyl halides is 3. The Kier molecular flexibility index (Phi) is 4.26. The summed E-state index contributed by atoms with van der Waals surface area (Å²) < 4.78 is 47.8.